The number of nitrogens with zero attached hydrogens (tertiary/aromatic N) is 1. The Hall–Kier alpha value is -1.65. The molecule has 0 saturated heterocycles. The van der Waals surface area contributed by atoms with Crippen LogP contribution in [0, 0.1) is 5.95 Å². The van der Waals surface area contributed by atoms with E-state index in [1.807, 2.05) is 0 Å². The molecule has 5 heteroatoms. The van der Waals surface area contributed by atoms with E-state index >= 15 is 0 Å². The first-order valence-corrected chi connectivity index (χ1v) is 3.67. The van der Waals surface area contributed by atoms with Crippen LogP contribution in [0.25, 0.3) is 0 Å². The van der Waals surface area contributed by atoms with Crippen LogP contribution in [0.5, 0.6) is 5.75 Å². The number of hydrogen-bond acceptors (Lipinski definition) is 4. The van der Waals surface area contributed by atoms with Gasteiger partial charge in [-0.05, 0) is 19.1 Å². The molecule has 0 saturated carbocycles. The van der Waals surface area contributed by atoms with Crippen molar-refractivity contribution in [3.63, 3.8) is 0 Å². The summed E-state index contributed by atoms with van der Waals surface area (Å²) in [6.45, 7) is 1.75. The van der Waals surface area contributed by atoms with Gasteiger partial charge in [0, 0.05) is 0 Å². The molecule has 0 atom stereocenters. The first-order chi connectivity index (χ1) is 6.15. The second-order valence-electron chi connectivity index (χ2n) is 2.22. The number of carbonyl (C=O) groups is 1. The van der Waals surface area contributed by atoms with E-state index in [1.165, 1.54) is 0 Å². The maximum atomic E-state index is 12.5. The van der Waals surface area contributed by atoms with Gasteiger partial charge in [0.05, 0.1) is 6.61 Å². The normalized spacial score (nSPS) is 9.69. The second kappa shape index (κ2) is 3.84. The second-order valence-corrected chi connectivity index (χ2v) is 2.22. The molecule has 0 aromatic carbocycles. The summed E-state index contributed by atoms with van der Waals surface area (Å²) in [6.07, 6.45) is 0. The predicted molar refractivity (Wildman–Crippen MR) is 41.8 cm³/mol. The lowest BCUT2D eigenvalue weighted by Gasteiger charge is -2.02. The first-order valence-electron chi connectivity index (χ1n) is 3.67. The maximum Gasteiger partial charge on any atom is 0.360 e. The van der Waals surface area contributed by atoms with E-state index in [1.54, 1.807) is 6.92 Å². The van der Waals surface area contributed by atoms with Gasteiger partial charge in [-0.2, -0.15) is 4.39 Å². The van der Waals surface area contributed by atoms with Crippen molar-refractivity contribution >= 4 is 5.97 Å². The zero-order valence-electron chi connectivity index (χ0n) is 6.95. The minimum Gasteiger partial charge on any atom is -0.505 e. The molecule has 0 aliphatic heterocycles. The summed E-state index contributed by atoms with van der Waals surface area (Å²) in [5, 5.41) is 9.10. The Labute approximate surface area is 74.0 Å². The van der Waals surface area contributed by atoms with Crippen LogP contribution >= 0.6 is 0 Å². The highest BCUT2D eigenvalue weighted by Gasteiger charge is 2.14. The Morgan fingerprint density at radius 3 is 3.00 bits per heavy atom. The number of esters is 1. The van der Waals surface area contributed by atoms with Gasteiger partial charge in [0.2, 0.25) is 5.95 Å². The standard InChI is InChI=1S/C8H8FNO3/c1-2-13-8(12)7-5(11)3-4-6(9)10-7/h3-4,11H,2H2,1H3. The molecule has 0 spiro atoms. The summed E-state index contributed by atoms with van der Waals surface area (Å²) in [4.78, 5) is 14.2. The summed E-state index contributed by atoms with van der Waals surface area (Å²) in [5.74, 6) is -2.06. The van der Waals surface area contributed by atoms with Crippen molar-refractivity contribution in [3.8, 4) is 5.75 Å². The largest absolute Gasteiger partial charge is 0.505 e. The van der Waals surface area contributed by atoms with Gasteiger partial charge in [-0.3, -0.25) is 0 Å². The van der Waals surface area contributed by atoms with Crippen LogP contribution in [0.3, 0.4) is 0 Å². The van der Waals surface area contributed by atoms with Crippen LogP contribution < -0.4 is 0 Å². The van der Waals surface area contributed by atoms with Gasteiger partial charge in [0.15, 0.2) is 5.69 Å². The highest BCUT2D eigenvalue weighted by molar-refractivity contribution is 5.89. The Morgan fingerprint density at radius 1 is 1.69 bits per heavy atom. The van der Waals surface area contributed by atoms with Gasteiger partial charge in [-0.15, -0.1) is 0 Å². The van der Waals surface area contributed by atoms with Crippen molar-refractivity contribution in [3.05, 3.63) is 23.8 Å². The Bertz CT molecular complexity index is 327. The molecule has 1 N–H and O–H groups in total. The summed E-state index contributed by atoms with van der Waals surface area (Å²) in [6, 6.07) is 2.01. The molecule has 4 nitrogen and oxygen atoms in total. The number of pyridine rings is 1. The molecular formula is C8H8FNO3. The SMILES string of the molecule is CCOC(=O)c1nc(F)ccc1O. The Morgan fingerprint density at radius 2 is 2.38 bits per heavy atom. The van der Waals surface area contributed by atoms with Crippen LogP contribution in [0.2, 0.25) is 0 Å². The molecule has 1 aromatic rings. The van der Waals surface area contributed by atoms with E-state index in [9.17, 15) is 9.18 Å². The van der Waals surface area contributed by atoms with Crippen LogP contribution in [-0.4, -0.2) is 22.7 Å². The van der Waals surface area contributed by atoms with E-state index in [2.05, 4.69) is 9.72 Å². The molecule has 0 amide bonds. The van der Waals surface area contributed by atoms with Crippen LogP contribution in [0.4, 0.5) is 4.39 Å². The fourth-order valence-corrected chi connectivity index (χ4v) is 0.778. The lowest BCUT2D eigenvalue weighted by Crippen LogP contribution is -2.08. The minimum atomic E-state index is -0.834. The van der Waals surface area contributed by atoms with E-state index in [0.29, 0.717) is 0 Å². The molecule has 0 bridgehead atoms. The predicted octanol–water partition coefficient (Wildman–Crippen LogP) is 1.10. The molecule has 1 aromatic heterocycles. The van der Waals surface area contributed by atoms with Crippen molar-refractivity contribution in [1.82, 2.24) is 4.98 Å². The summed E-state index contributed by atoms with van der Waals surface area (Å²) >= 11 is 0. The topological polar surface area (TPSA) is 59.4 Å². The molecule has 70 valence electrons. The fourth-order valence-electron chi connectivity index (χ4n) is 0.778. The minimum absolute atomic E-state index is 0.149. The third kappa shape index (κ3) is 2.14. The maximum absolute atomic E-state index is 12.5. The fraction of sp³-hybridized carbons (Fsp3) is 0.250. The number of rotatable bonds is 2. The van der Waals surface area contributed by atoms with Crippen molar-refractivity contribution in [2.75, 3.05) is 6.61 Å². The summed E-state index contributed by atoms with van der Waals surface area (Å²) in [7, 11) is 0. The average Bonchev–Trinajstić information content (AvgIpc) is 2.09. The number of hydrogen-bond donors (Lipinski definition) is 1. The Balaban J connectivity index is 2.99. The molecule has 1 rings (SSSR count). The number of aromatic hydroxyl groups is 1. The zero-order valence-corrected chi connectivity index (χ0v) is 6.95. The van der Waals surface area contributed by atoms with E-state index < -0.39 is 17.6 Å². The molecular weight excluding hydrogens is 177 g/mol. The van der Waals surface area contributed by atoms with E-state index in [4.69, 9.17) is 5.11 Å². The van der Waals surface area contributed by atoms with Crippen molar-refractivity contribution in [1.29, 1.82) is 0 Å². The molecule has 0 radical (unpaired) electrons. The number of halogens is 1. The van der Waals surface area contributed by atoms with Crippen LogP contribution in [0.15, 0.2) is 12.1 Å². The summed E-state index contributed by atoms with van der Waals surface area (Å²) in [5.41, 5.74) is -0.401. The van der Waals surface area contributed by atoms with Gasteiger partial charge in [-0.25, -0.2) is 9.78 Å². The van der Waals surface area contributed by atoms with Crippen molar-refractivity contribution in [2.24, 2.45) is 0 Å². The molecule has 0 aliphatic rings. The van der Waals surface area contributed by atoms with Gasteiger partial charge in [0.1, 0.15) is 5.75 Å². The molecule has 1 heterocycles. The highest BCUT2D eigenvalue weighted by Crippen LogP contribution is 2.14. The van der Waals surface area contributed by atoms with Crippen LogP contribution in [0.1, 0.15) is 17.4 Å². The molecule has 0 unspecified atom stereocenters. The summed E-state index contributed by atoms with van der Waals surface area (Å²) < 4.78 is 17.1. The van der Waals surface area contributed by atoms with Gasteiger partial charge in [-0.1, -0.05) is 0 Å². The molecule has 13 heavy (non-hydrogen) atoms. The van der Waals surface area contributed by atoms with Crippen molar-refractivity contribution < 1.29 is 19.0 Å². The molecule has 0 fully saturated rings. The average molecular weight is 185 g/mol. The third-order valence-electron chi connectivity index (χ3n) is 1.31. The monoisotopic (exact) mass is 185 g/mol. The third-order valence-corrected chi connectivity index (χ3v) is 1.31. The zero-order chi connectivity index (χ0) is 9.84. The van der Waals surface area contributed by atoms with Gasteiger partial charge >= 0.3 is 5.97 Å². The smallest absolute Gasteiger partial charge is 0.360 e. The molecule has 0 aliphatic carbocycles. The Kier molecular flexibility index (Phi) is 2.79. The number of carbonyl (C=O) groups excluding carboxylic acids is 1. The first kappa shape index (κ1) is 9.44. The van der Waals surface area contributed by atoms with Crippen molar-refractivity contribution in [2.45, 2.75) is 6.92 Å². The number of ether oxygens (including phenoxy) is 1. The lowest BCUT2D eigenvalue weighted by atomic mass is 10.3. The van der Waals surface area contributed by atoms with E-state index in [-0.39, 0.29) is 12.4 Å². The number of aromatic nitrogens is 1. The van der Waals surface area contributed by atoms with Crippen LogP contribution in [-0.2, 0) is 4.74 Å². The highest BCUT2D eigenvalue weighted by atomic mass is 19.1. The van der Waals surface area contributed by atoms with E-state index in [0.717, 1.165) is 12.1 Å². The van der Waals surface area contributed by atoms with Gasteiger partial charge < -0.3 is 9.84 Å². The van der Waals surface area contributed by atoms with Gasteiger partial charge in [0.25, 0.3) is 0 Å². The quantitative estimate of drug-likeness (QED) is 0.553. The lowest BCUT2D eigenvalue weighted by molar-refractivity contribution is 0.0514.